The molecule has 0 unspecified atom stereocenters. The van der Waals surface area contributed by atoms with E-state index in [1.54, 1.807) is 20.8 Å². The molecule has 0 atom stereocenters. The van der Waals surface area contributed by atoms with Crippen LogP contribution in [0.25, 0.3) is 0 Å². The molecule has 0 aromatic heterocycles. The maximum Gasteiger partial charge on any atom is 0.325 e. The molecule has 1 rings (SSSR count). The van der Waals surface area contributed by atoms with Gasteiger partial charge in [0.05, 0.1) is 12.1 Å². The highest BCUT2D eigenvalue weighted by Crippen LogP contribution is 2.15. The van der Waals surface area contributed by atoms with Crippen LogP contribution in [0.5, 0.6) is 0 Å². The second-order valence-corrected chi connectivity index (χ2v) is 7.05. The highest BCUT2D eigenvalue weighted by Gasteiger charge is 2.21. The minimum atomic E-state index is -0.702. The van der Waals surface area contributed by atoms with Crippen molar-refractivity contribution in [3.05, 3.63) is 29.6 Å². The van der Waals surface area contributed by atoms with Gasteiger partial charge in [0.15, 0.2) is 0 Å². The van der Waals surface area contributed by atoms with Gasteiger partial charge in [0.25, 0.3) is 5.91 Å². The molecule has 0 aliphatic rings. The Morgan fingerprint density at radius 2 is 1.56 bits per heavy atom. The Bertz CT molecular complexity index is 745. The number of ether oxygens (including phenoxy) is 1. The van der Waals surface area contributed by atoms with Gasteiger partial charge in [-0.2, -0.15) is 0 Å². The first-order valence-corrected chi connectivity index (χ1v) is 12.2. The van der Waals surface area contributed by atoms with Crippen molar-refractivity contribution >= 4 is 23.5 Å². The molecule has 0 spiro atoms. The third-order valence-corrected chi connectivity index (χ3v) is 3.59. The van der Waals surface area contributed by atoms with E-state index >= 15 is 0 Å². The van der Waals surface area contributed by atoms with E-state index in [0.29, 0.717) is 18.5 Å². The number of hydrogen-bond acceptors (Lipinski definition) is 5. The van der Waals surface area contributed by atoms with Gasteiger partial charge in [-0.15, -0.1) is 6.42 Å². The summed E-state index contributed by atoms with van der Waals surface area (Å²) in [6.45, 7) is 19.3. The van der Waals surface area contributed by atoms with Crippen molar-refractivity contribution in [3.63, 3.8) is 0 Å². The average Bonchev–Trinajstić information content (AvgIpc) is 2.84. The van der Waals surface area contributed by atoms with Gasteiger partial charge in [0, 0.05) is 12.1 Å². The number of terminal acetylenes is 1. The van der Waals surface area contributed by atoms with Crippen molar-refractivity contribution in [2.45, 2.75) is 102 Å². The Balaban J connectivity index is -0.000000208. The third-order valence-electron chi connectivity index (χ3n) is 3.59. The fraction of sp³-hybridized carbons (Fsp3) is 0.607. The summed E-state index contributed by atoms with van der Waals surface area (Å²) >= 11 is 0. The van der Waals surface area contributed by atoms with E-state index in [1.165, 1.54) is 24.6 Å². The molecule has 7 nitrogen and oxygen atoms in total. The maximum atomic E-state index is 13.9. The molecule has 210 valence electrons. The first-order chi connectivity index (χ1) is 16.5. The van der Waals surface area contributed by atoms with Crippen LogP contribution in [-0.2, 0) is 14.3 Å². The van der Waals surface area contributed by atoms with Gasteiger partial charge in [-0.3, -0.25) is 14.4 Å². The molecule has 1 aromatic rings. The number of primary amides is 1. The molecule has 2 amide bonds. The lowest BCUT2D eigenvalue weighted by Crippen LogP contribution is -2.36. The number of amides is 2. The summed E-state index contributed by atoms with van der Waals surface area (Å²) in [5.41, 5.74) is 4.37. The number of nitrogens with two attached hydrogens (primary N) is 1. The number of carbonyl (C=O) groups is 3. The normalized spacial score (nSPS) is 8.61. The van der Waals surface area contributed by atoms with Crippen LogP contribution in [0.15, 0.2) is 18.2 Å². The highest BCUT2D eigenvalue weighted by atomic mass is 19.1. The molecule has 0 saturated heterocycles. The minimum absolute atomic E-state index is 0. The number of carbonyl (C=O) groups excluding carboxylic acids is 3. The van der Waals surface area contributed by atoms with E-state index in [-0.39, 0.29) is 32.0 Å². The molecular weight excluding hydrogens is 461 g/mol. The van der Waals surface area contributed by atoms with E-state index in [4.69, 9.17) is 11.2 Å². The monoisotopic (exact) mass is 513 g/mol. The molecular formula is C28H52FN3O4. The van der Waals surface area contributed by atoms with E-state index in [9.17, 15) is 18.8 Å². The van der Waals surface area contributed by atoms with Crippen LogP contribution in [0.3, 0.4) is 0 Å². The first-order valence-electron chi connectivity index (χ1n) is 12.2. The Morgan fingerprint density at radius 1 is 1.08 bits per heavy atom. The van der Waals surface area contributed by atoms with Crippen molar-refractivity contribution in [1.29, 1.82) is 0 Å². The number of anilines is 1. The molecule has 1 aromatic carbocycles. The molecule has 36 heavy (non-hydrogen) atoms. The molecule has 8 heteroatoms. The summed E-state index contributed by atoms with van der Waals surface area (Å²) in [6, 6.07) is 4.03. The SMILES string of the molecule is C.C#CCNc1ccc(C(=O)NCC(=O)OC(C)(C)CC)c(F)c1.CC.CC.CCC.CCC(N)=O. The summed E-state index contributed by atoms with van der Waals surface area (Å²) < 4.78 is 19.1. The number of nitrogens with one attached hydrogen (secondary N) is 2. The van der Waals surface area contributed by atoms with Crippen LogP contribution in [0.4, 0.5) is 10.1 Å². The van der Waals surface area contributed by atoms with Crippen LogP contribution in [0, 0.1) is 18.2 Å². The fourth-order valence-electron chi connectivity index (χ4n) is 1.63. The Kier molecular flexibility index (Phi) is 33.7. The van der Waals surface area contributed by atoms with Crippen molar-refractivity contribution in [2.75, 3.05) is 18.4 Å². The summed E-state index contributed by atoms with van der Waals surface area (Å²) in [4.78, 5) is 33.2. The number of hydrogen-bond donors (Lipinski definition) is 3. The van der Waals surface area contributed by atoms with Crippen LogP contribution < -0.4 is 16.4 Å². The van der Waals surface area contributed by atoms with Crippen molar-refractivity contribution in [2.24, 2.45) is 5.73 Å². The second-order valence-electron chi connectivity index (χ2n) is 7.05. The summed E-state index contributed by atoms with van der Waals surface area (Å²) in [7, 11) is 0. The van der Waals surface area contributed by atoms with Gasteiger partial charge >= 0.3 is 5.97 Å². The second kappa shape index (κ2) is 28.2. The van der Waals surface area contributed by atoms with Gasteiger partial charge in [-0.25, -0.2) is 4.39 Å². The fourth-order valence-corrected chi connectivity index (χ4v) is 1.63. The van der Waals surface area contributed by atoms with E-state index < -0.39 is 23.3 Å². The lowest BCUT2D eigenvalue weighted by molar-refractivity contribution is -0.155. The summed E-state index contributed by atoms with van der Waals surface area (Å²) in [5, 5.41) is 5.14. The zero-order chi connectivity index (χ0) is 28.4. The Labute approximate surface area is 220 Å². The largest absolute Gasteiger partial charge is 0.458 e. The van der Waals surface area contributed by atoms with Crippen molar-refractivity contribution in [1.82, 2.24) is 5.32 Å². The van der Waals surface area contributed by atoms with Crippen LogP contribution in [0.2, 0.25) is 0 Å². The molecule has 0 fully saturated rings. The Morgan fingerprint density at radius 3 is 1.92 bits per heavy atom. The highest BCUT2D eigenvalue weighted by molar-refractivity contribution is 5.96. The Hall–Kier alpha value is -3.08. The zero-order valence-corrected chi connectivity index (χ0v) is 23.4. The lowest BCUT2D eigenvalue weighted by Gasteiger charge is -2.23. The molecule has 0 heterocycles. The van der Waals surface area contributed by atoms with Crippen LogP contribution in [-0.4, -0.2) is 36.5 Å². The van der Waals surface area contributed by atoms with Gasteiger partial charge < -0.3 is 21.1 Å². The molecule has 0 aliphatic carbocycles. The predicted molar refractivity (Wildman–Crippen MR) is 151 cm³/mol. The minimum Gasteiger partial charge on any atom is -0.458 e. The number of benzene rings is 1. The summed E-state index contributed by atoms with van der Waals surface area (Å²) in [5.74, 6) is 0.163. The predicted octanol–water partition coefficient (Wildman–Crippen LogP) is 6.32. The average molecular weight is 514 g/mol. The first kappa shape index (κ1) is 43.0. The van der Waals surface area contributed by atoms with Crippen LogP contribution >= 0.6 is 0 Å². The molecule has 0 saturated carbocycles. The molecule has 4 N–H and O–H groups in total. The number of esters is 1. The topological polar surface area (TPSA) is 111 Å². The zero-order valence-electron chi connectivity index (χ0n) is 23.4. The molecule has 0 aliphatic heterocycles. The van der Waals surface area contributed by atoms with E-state index in [0.717, 1.165) is 0 Å². The molecule has 0 bridgehead atoms. The van der Waals surface area contributed by atoms with Gasteiger partial charge in [0.2, 0.25) is 5.91 Å². The lowest BCUT2D eigenvalue weighted by atomic mass is 10.1. The van der Waals surface area contributed by atoms with Crippen LogP contribution in [0.1, 0.15) is 106 Å². The standard InChI is InChI=1S/C17H21FN2O3.C3H7NO.C3H8.2C2H6.CH4/c1-5-9-19-12-7-8-13(14(18)10-12)16(22)20-11-15(21)23-17(3,4)6-2;1-2-3(4)5;1-3-2;2*1-2;/h1,7-8,10,19H,6,9,11H2,2-4H3,(H,20,22);2H2,1H3,(H2,4,5);3H2,1-2H3;2*1-2H3;1H4. The van der Waals surface area contributed by atoms with Gasteiger partial charge in [-0.1, -0.05) is 75.2 Å². The number of rotatable bonds is 8. The van der Waals surface area contributed by atoms with Gasteiger partial charge in [0.1, 0.15) is 18.0 Å². The molecule has 0 radical (unpaired) electrons. The van der Waals surface area contributed by atoms with Gasteiger partial charge in [-0.05, 0) is 38.5 Å². The van der Waals surface area contributed by atoms with Crippen molar-refractivity contribution < 1.29 is 23.5 Å². The van der Waals surface area contributed by atoms with E-state index in [2.05, 4.69) is 36.1 Å². The third kappa shape index (κ3) is 25.5. The quantitative estimate of drug-likeness (QED) is 0.278. The smallest absolute Gasteiger partial charge is 0.325 e. The van der Waals surface area contributed by atoms with E-state index in [1.807, 2.05) is 34.6 Å². The van der Waals surface area contributed by atoms with Crippen molar-refractivity contribution in [3.8, 4) is 12.3 Å². The maximum absolute atomic E-state index is 13.9. The number of halogens is 1. The summed E-state index contributed by atoms with van der Waals surface area (Å²) in [6.07, 6.45) is 7.44.